The summed E-state index contributed by atoms with van der Waals surface area (Å²) in [6.07, 6.45) is 0. The van der Waals surface area contributed by atoms with E-state index < -0.39 is 17.7 Å². The SMILES string of the molecule is CCOC(=O)C(C)NC(C)c1ccc(F)c(F)c1. The van der Waals surface area contributed by atoms with Crippen LogP contribution in [0.15, 0.2) is 18.2 Å². The van der Waals surface area contributed by atoms with Gasteiger partial charge >= 0.3 is 5.97 Å². The van der Waals surface area contributed by atoms with E-state index in [1.807, 2.05) is 0 Å². The highest BCUT2D eigenvalue weighted by molar-refractivity contribution is 5.75. The lowest BCUT2D eigenvalue weighted by molar-refractivity contribution is -0.145. The molecule has 0 aliphatic rings. The van der Waals surface area contributed by atoms with E-state index >= 15 is 0 Å². The van der Waals surface area contributed by atoms with Crippen molar-refractivity contribution in [1.29, 1.82) is 0 Å². The minimum absolute atomic E-state index is 0.278. The molecule has 1 aromatic carbocycles. The lowest BCUT2D eigenvalue weighted by Crippen LogP contribution is -2.37. The van der Waals surface area contributed by atoms with E-state index in [1.165, 1.54) is 6.07 Å². The van der Waals surface area contributed by atoms with Crippen molar-refractivity contribution >= 4 is 5.97 Å². The van der Waals surface area contributed by atoms with Crippen LogP contribution in [0.2, 0.25) is 0 Å². The predicted octanol–water partition coefficient (Wildman–Crippen LogP) is 2.57. The molecule has 0 bridgehead atoms. The summed E-state index contributed by atoms with van der Waals surface area (Å²) >= 11 is 0. The molecule has 2 unspecified atom stereocenters. The van der Waals surface area contributed by atoms with Gasteiger partial charge in [-0.15, -0.1) is 0 Å². The van der Waals surface area contributed by atoms with Gasteiger partial charge in [0.25, 0.3) is 0 Å². The minimum atomic E-state index is -0.898. The largest absolute Gasteiger partial charge is 0.465 e. The topological polar surface area (TPSA) is 38.3 Å². The number of carbonyl (C=O) groups is 1. The maximum atomic E-state index is 13.1. The van der Waals surface area contributed by atoms with Crippen molar-refractivity contribution in [2.75, 3.05) is 6.61 Å². The van der Waals surface area contributed by atoms with Gasteiger partial charge in [0.05, 0.1) is 6.61 Å². The van der Waals surface area contributed by atoms with Gasteiger partial charge in [0.2, 0.25) is 0 Å². The number of halogens is 2. The standard InChI is InChI=1S/C13H17F2NO2/c1-4-18-13(17)9(3)16-8(2)10-5-6-11(14)12(15)7-10/h5-9,16H,4H2,1-3H3. The first-order valence-corrected chi connectivity index (χ1v) is 5.83. The molecule has 1 aromatic rings. The van der Waals surface area contributed by atoms with Crippen LogP contribution in [-0.4, -0.2) is 18.6 Å². The first-order valence-electron chi connectivity index (χ1n) is 5.83. The molecule has 5 heteroatoms. The van der Waals surface area contributed by atoms with Crippen LogP contribution in [0.5, 0.6) is 0 Å². The molecule has 0 saturated carbocycles. The highest BCUT2D eigenvalue weighted by Gasteiger charge is 2.17. The summed E-state index contributed by atoms with van der Waals surface area (Å²) in [6.45, 7) is 5.46. The molecule has 0 aliphatic carbocycles. The number of hydrogen-bond donors (Lipinski definition) is 1. The van der Waals surface area contributed by atoms with Gasteiger partial charge in [0, 0.05) is 6.04 Å². The maximum Gasteiger partial charge on any atom is 0.322 e. The fraction of sp³-hybridized carbons (Fsp3) is 0.462. The smallest absolute Gasteiger partial charge is 0.322 e. The Hall–Kier alpha value is -1.49. The Morgan fingerprint density at radius 3 is 2.56 bits per heavy atom. The highest BCUT2D eigenvalue weighted by Crippen LogP contribution is 2.16. The van der Waals surface area contributed by atoms with Crippen molar-refractivity contribution in [3.8, 4) is 0 Å². The summed E-state index contributed by atoms with van der Waals surface area (Å²) in [5, 5.41) is 2.96. The molecule has 0 aromatic heterocycles. The average molecular weight is 257 g/mol. The second-order valence-corrected chi connectivity index (χ2v) is 4.04. The van der Waals surface area contributed by atoms with Crippen molar-refractivity contribution in [2.45, 2.75) is 32.9 Å². The van der Waals surface area contributed by atoms with Gasteiger partial charge in [-0.25, -0.2) is 8.78 Å². The van der Waals surface area contributed by atoms with Crippen LogP contribution in [0.25, 0.3) is 0 Å². The van der Waals surface area contributed by atoms with E-state index in [0.29, 0.717) is 12.2 Å². The number of carbonyl (C=O) groups excluding carboxylic acids is 1. The van der Waals surface area contributed by atoms with Gasteiger partial charge in [-0.3, -0.25) is 10.1 Å². The average Bonchev–Trinajstić information content (AvgIpc) is 2.32. The number of benzene rings is 1. The molecule has 0 radical (unpaired) electrons. The van der Waals surface area contributed by atoms with Crippen molar-refractivity contribution in [2.24, 2.45) is 0 Å². The first-order chi connectivity index (χ1) is 8.45. The van der Waals surface area contributed by atoms with E-state index in [-0.39, 0.29) is 12.0 Å². The predicted molar refractivity (Wildman–Crippen MR) is 64.0 cm³/mol. The molecule has 18 heavy (non-hydrogen) atoms. The number of nitrogens with one attached hydrogen (secondary N) is 1. The monoisotopic (exact) mass is 257 g/mol. The van der Waals surface area contributed by atoms with Crippen LogP contribution >= 0.6 is 0 Å². The summed E-state index contributed by atoms with van der Waals surface area (Å²) in [7, 11) is 0. The Morgan fingerprint density at radius 1 is 1.33 bits per heavy atom. The highest BCUT2D eigenvalue weighted by atomic mass is 19.2. The van der Waals surface area contributed by atoms with Crippen LogP contribution in [0.3, 0.4) is 0 Å². The molecule has 0 aliphatic heterocycles. The van der Waals surface area contributed by atoms with Crippen LogP contribution < -0.4 is 5.32 Å². The van der Waals surface area contributed by atoms with Crippen molar-refractivity contribution < 1.29 is 18.3 Å². The molecule has 3 nitrogen and oxygen atoms in total. The van der Waals surface area contributed by atoms with Gasteiger partial charge in [-0.2, -0.15) is 0 Å². The van der Waals surface area contributed by atoms with Gasteiger partial charge in [-0.05, 0) is 38.5 Å². The minimum Gasteiger partial charge on any atom is -0.465 e. The molecule has 2 atom stereocenters. The third-order valence-corrected chi connectivity index (χ3v) is 2.58. The molecule has 0 fully saturated rings. The molecular weight excluding hydrogens is 240 g/mol. The molecule has 0 heterocycles. The van der Waals surface area contributed by atoms with E-state index in [4.69, 9.17) is 4.74 Å². The molecule has 1 N–H and O–H groups in total. The molecule has 100 valence electrons. The van der Waals surface area contributed by atoms with Crippen molar-refractivity contribution in [1.82, 2.24) is 5.32 Å². The summed E-state index contributed by atoms with van der Waals surface area (Å²) in [4.78, 5) is 11.4. The molecule has 0 saturated heterocycles. The summed E-state index contributed by atoms with van der Waals surface area (Å²) in [5.74, 6) is -2.15. The normalized spacial score (nSPS) is 14.1. The first kappa shape index (κ1) is 14.6. The fourth-order valence-corrected chi connectivity index (χ4v) is 1.59. The van der Waals surface area contributed by atoms with E-state index in [2.05, 4.69) is 5.32 Å². The van der Waals surface area contributed by atoms with Gasteiger partial charge in [0.15, 0.2) is 11.6 Å². The van der Waals surface area contributed by atoms with E-state index in [9.17, 15) is 13.6 Å². The second kappa shape index (κ2) is 6.44. The third-order valence-electron chi connectivity index (χ3n) is 2.58. The van der Waals surface area contributed by atoms with Gasteiger partial charge in [-0.1, -0.05) is 6.07 Å². The Labute approximate surface area is 105 Å². The maximum absolute atomic E-state index is 13.1. The zero-order chi connectivity index (χ0) is 13.7. The van der Waals surface area contributed by atoms with Crippen molar-refractivity contribution in [3.63, 3.8) is 0 Å². The van der Waals surface area contributed by atoms with Crippen LogP contribution in [-0.2, 0) is 9.53 Å². The quantitative estimate of drug-likeness (QED) is 0.824. The zero-order valence-electron chi connectivity index (χ0n) is 10.7. The van der Waals surface area contributed by atoms with E-state index in [0.717, 1.165) is 12.1 Å². The Balaban J connectivity index is 2.67. The summed E-state index contributed by atoms with van der Waals surface area (Å²) in [6, 6.07) is 2.88. The van der Waals surface area contributed by atoms with Crippen LogP contribution in [0.1, 0.15) is 32.4 Å². The lowest BCUT2D eigenvalue weighted by Gasteiger charge is -2.19. The number of esters is 1. The van der Waals surface area contributed by atoms with Gasteiger partial charge in [0.1, 0.15) is 6.04 Å². The number of rotatable bonds is 5. The third kappa shape index (κ3) is 3.77. The van der Waals surface area contributed by atoms with Crippen molar-refractivity contribution in [3.05, 3.63) is 35.4 Å². The lowest BCUT2D eigenvalue weighted by atomic mass is 10.1. The molecule has 1 rings (SSSR count). The fourth-order valence-electron chi connectivity index (χ4n) is 1.59. The number of ether oxygens (including phenoxy) is 1. The molecule has 0 amide bonds. The molecular formula is C13H17F2NO2. The summed E-state index contributed by atoms with van der Waals surface area (Å²) < 4.78 is 30.7. The van der Waals surface area contributed by atoms with E-state index in [1.54, 1.807) is 20.8 Å². The van der Waals surface area contributed by atoms with Crippen LogP contribution in [0.4, 0.5) is 8.78 Å². The van der Waals surface area contributed by atoms with Crippen LogP contribution in [0, 0.1) is 11.6 Å². The molecule has 0 spiro atoms. The Kier molecular flexibility index (Phi) is 5.22. The second-order valence-electron chi connectivity index (χ2n) is 4.04. The van der Waals surface area contributed by atoms with Gasteiger partial charge < -0.3 is 4.74 Å². The summed E-state index contributed by atoms with van der Waals surface area (Å²) in [5.41, 5.74) is 0.574. The Bertz CT molecular complexity index is 423. The number of hydrogen-bond acceptors (Lipinski definition) is 3. The Morgan fingerprint density at radius 2 is 2.00 bits per heavy atom. The zero-order valence-corrected chi connectivity index (χ0v) is 10.7.